The van der Waals surface area contributed by atoms with Crippen molar-refractivity contribution in [2.75, 3.05) is 25.3 Å². The maximum atomic E-state index is 12.4. The van der Waals surface area contributed by atoms with Crippen LogP contribution in [0.5, 0.6) is 17.2 Å². The molecule has 30 heavy (non-hydrogen) atoms. The van der Waals surface area contributed by atoms with Crippen molar-refractivity contribution in [1.29, 1.82) is 0 Å². The van der Waals surface area contributed by atoms with Crippen LogP contribution in [0, 0.1) is 6.92 Å². The number of carbonyl (C=O) groups is 1. The van der Waals surface area contributed by atoms with Gasteiger partial charge in [0, 0.05) is 13.1 Å². The average Bonchev–Trinajstić information content (AvgIpc) is 3.11. The molecule has 3 aromatic rings. The fourth-order valence-electron chi connectivity index (χ4n) is 2.60. The van der Waals surface area contributed by atoms with E-state index in [9.17, 15) is 4.79 Å². The fraction of sp³-hybridized carbons (Fsp3) is 0.286. The number of hydrogen-bond acceptors (Lipinski definition) is 7. The van der Waals surface area contributed by atoms with Gasteiger partial charge in [-0.2, -0.15) is 0 Å². The van der Waals surface area contributed by atoms with Crippen LogP contribution in [0.15, 0.2) is 47.6 Å². The van der Waals surface area contributed by atoms with Gasteiger partial charge < -0.3 is 24.1 Å². The van der Waals surface area contributed by atoms with Gasteiger partial charge in [-0.25, -0.2) is 0 Å². The van der Waals surface area contributed by atoms with Gasteiger partial charge in [0.25, 0.3) is 0 Å². The highest BCUT2D eigenvalue weighted by atomic mass is 32.2. The Morgan fingerprint density at radius 2 is 1.80 bits per heavy atom. The van der Waals surface area contributed by atoms with Crippen LogP contribution in [-0.2, 0) is 18.4 Å². The van der Waals surface area contributed by atoms with Gasteiger partial charge in [-0.15, -0.1) is 10.2 Å². The molecule has 0 saturated heterocycles. The summed E-state index contributed by atoms with van der Waals surface area (Å²) in [4.78, 5) is 12.4. The van der Waals surface area contributed by atoms with Crippen LogP contribution in [0.4, 0.5) is 5.69 Å². The minimum atomic E-state index is -0.177. The molecule has 158 valence electrons. The van der Waals surface area contributed by atoms with Crippen molar-refractivity contribution in [3.8, 4) is 17.2 Å². The Hall–Kier alpha value is -3.20. The van der Waals surface area contributed by atoms with Crippen molar-refractivity contribution in [3.63, 3.8) is 0 Å². The minimum Gasteiger partial charge on any atom is -0.497 e. The molecule has 0 aliphatic rings. The van der Waals surface area contributed by atoms with E-state index in [0.29, 0.717) is 34.8 Å². The lowest BCUT2D eigenvalue weighted by atomic mass is 10.2. The highest BCUT2D eigenvalue weighted by Crippen LogP contribution is 2.29. The molecule has 0 fully saturated rings. The number of nitrogens with one attached hydrogen (secondary N) is 1. The first kappa shape index (κ1) is 21.5. The number of thioether (sulfide) groups is 1. The molecule has 0 aliphatic carbocycles. The first-order chi connectivity index (χ1) is 14.5. The summed E-state index contributed by atoms with van der Waals surface area (Å²) in [6.07, 6.45) is 0. The molecule has 0 atom stereocenters. The SMILES string of the molecule is COc1ccc(NC(=O)CSc2nnc(COc3ccc(C)cc3)n2C)c(OC)c1. The van der Waals surface area contributed by atoms with E-state index in [1.54, 1.807) is 32.4 Å². The number of amides is 1. The Kier molecular flexibility index (Phi) is 7.18. The molecular weight excluding hydrogens is 404 g/mol. The van der Waals surface area contributed by atoms with Gasteiger partial charge in [0.15, 0.2) is 11.0 Å². The molecular formula is C21H24N4O4S. The molecule has 0 spiro atoms. The Morgan fingerprint density at radius 3 is 2.50 bits per heavy atom. The lowest BCUT2D eigenvalue weighted by Crippen LogP contribution is -2.15. The van der Waals surface area contributed by atoms with Crippen LogP contribution >= 0.6 is 11.8 Å². The number of nitrogens with zero attached hydrogens (tertiary/aromatic N) is 3. The summed E-state index contributed by atoms with van der Waals surface area (Å²) in [6, 6.07) is 13.0. The van der Waals surface area contributed by atoms with E-state index in [4.69, 9.17) is 14.2 Å². The number of benzene rings is 2. The third-order valence-corrected chi connectivity index (χ3v) is 5.35. The number of carbonyl (C=O) groups excluding carboxylic acids is 1. The second-order valence-electron chi connectivity index (χ2n) is 6.46. The minimum absolute atomic E-state index is 0.177. The normalized spacial score (nSPS) is 10.5. The van der Waals surface area contributed by atoms with E-state index < -0.39 is 0 Å². The molecule has 1 heterocycles. The molecule has 0 radical (unpaired) electrons. The third kappa shape index (κ3) is 5.44. The number of rotatable bonds is 9. The summed E-state index contributed by atoms with van der Waals surface area (Å²) in [7, 11) is 4.96. The molecule has 1 N–H and O–H groups in total. The Labute approximate surface area is 179 Å². The van der Waals surface area contributed by atoms with Gasteiger partial charge >= 0.3 is 0 Å². The van der Waals surface area contributed by atoms with Gasteiger partial charge in [0.05, 0.1) is 25.7 Å². The number of aryl methyl sites for hydroxylation is 1. The molecule has 0 unspecified atom stereocenters. The van der Waals surface area contributed by atoms with Crippen LogP contribution in [-0.4, -0.2) is 40.6 Å². The summed E-state index contributed by atoms with van der Waals surface area (Å²) in [6.45, 7) is 2.32. The zero-order chi connectivity index (χ0) is 21.5. The van der Waals surface area contributed by atoms with E-state index in [-0.39, 0.29) is 11.7 Å². The summed E-state index contributed by atoms with van der Waals surface area (Å²) in [5.74, 6) is 2.63. The molecule has 8 nitrogen and oxygen atoms in total. The van der Waals surface area contributed by atoms with Gasteiger partial charge in [0.1, 0.15) is 23.9 Å². The van der Waals surface area contributed by atoms with E-state index in [1.165, 1.54) is 17.3 Å². The Bertz CT molecular complexity index is 1000. The quantitative estimate of drug-likeness (QED) is 0.522. The second-order valence-corrected chi connectivity index (χ2v) is 7.41. The fourth-order valence-corrected chi connectivity index (χ4v) is 3.33. The van der Waals surface area contributed by atoms with Gasteiger partial charge in [-0.3, -0.25) is 4.79 Å². The van der Waals surface area contributed by atoms with Crippen molar-refractivity contribution >= 4 is 23.4 Å². The van der Waals surface area contributed by atoms with E-state index >= 15 is 0 Å². The van der Waals surface area contributed by atoms with Gasteiger partial charge in [-0.05, 0) is 31.2 Å². The Balaban J connectivity index is 1.54. The zero-order valence-electron chi connectivity index (χ0n) is 17.3. The number of anilines is 1. The van der Waals surface area contributed by atoms with Crippen LogP contribution < -0.4 is 19.5 Å². The van der Waals surface area contributed by atoms with Crippen molar-refractivity contribution in [3.05, 3.63) is 53.9 Å². The van der Waals surface area contributed by atoms with Crippen molar-refractivity contribution in [2.24, 2.45) is 7.05 Å². The summed E-state index contributed by atoms with van der Waals surface area (Å²) in [5, 5.41) is 11.8. The van der Waals surface area contributed by atoms with Gasteiger partial charge in [0.2, 0.25) is 5.91 Å². The molecule has 1 amide bonds. The molecule has 0 saturated carbocycles. The van der Waals surface area contributed by atoms with Crippen LogP contribution in [0.25, 0.3) is 0 Å². The predicted octanol–water partition coefficient (Wildman–Crippen LogP) is 3.45. The van der Waals surface area contributed by atoms with Gasteiger partial charge in [-0.1, -0.05) is 29.5 Å². The van der Waals surface area contributed by atoms with Crippen LogP contribution in [0.2, 0.25) is 0 Å². The highest BCUT2D eigenvalue weighted by Gasteiger charge is 2.14. The molecule has 1 aromatic heterocycles. The first-order valence-corrected chi connectivity index (χ1v) is 10.2. The number of hydrogen-bond donors (Lipinski definition) is 1. The topological polar surface area (TPSA) is 87.5 Å². The maximum Gasteiger partial charge on any atom is 0.234 e. The summed E-state index contributed by atoms with van der Waals surface area (Å²) in [5.41, 5.74) is 1.75. The zero-order valence-corrected chi connectivity index (χ0v) is 18.2. The van der Waals surface area contributed by atoms with Crippen molar-refractivity contribution < 1.29 is 19.0 Å². The molecule has 3 rings (SSSR count). The Morgan fingerprint density at radius 1 is 1.07 bits per heavy atom. The largest absolute Gasteiger partial charge is 0.497 e. The smallest absolute Gasteiger partial charge is 0.234 e. The van der Waals surface area contributed by atoms with Crippen LogP contribution in [0.1, 0.15) is 11.4 Å². The molecule has 0 aliphatic heterocycles. The first-order valence-electron chi connectivity index (χ1n) is 9.22. The third-order valence-electron chi connectivity index (χ3n) is 4.33. The summed E-state index contributed by atoms with van der Waals surface area (Å²) >= 11 is 1.30. The molecule has 2 aromatic carbocycles. The predicted molar refractivity (Wildman–Crippen MR) is 115 cm³/mol. The number of methoxy groups -OCH3 is 2. The highest BCUT2D eigenvalue weighted by molar-refractivity contribution is 7.99. The van der Waals surface area contributed by atoms with Crippen LogP contribution in [0.3, 0.4) is 0 Å². The van der Waals surface area contributed by atoms with Crippen molar-refractivity contribution in [2.45, 2.75) is 18.7 Å². The summed E-state index contributed by atoms with van der Waals surface area (Å²) < 4.78 is 18.0. The lowest BCUT2D eigenvalue weighted by Gasteiger charge is -2.11. The standard InChI is InChI=1S/C21H24N4O4S/c1-14-5-7-15(8-6-14)29-12-19-23-24-21(25(19)2)30-13-20(26)22-17-10-9-16(27-3)11-18(17)28-4/h5-11H,12-13H2,1-4H3,(H,22,26). The number of ether oxygens (including phenoxy) is 3. The molecule has 0 bridgehead atoms. The molecule has 9 heteroatoms. The maximum absolute atomic E-state index is 12.4. The lowest BCUT2D eigenvalue weighted by molar-refractivity contribution is -0.113. The average molecular weight is 429 g/mol. The number of aromatic nitrogens is 3. The second kappa shape index (κ2) is 10.0. The van der Waals surface area contributed by atoms with Crippen molar-refractivity contribution in [1.82, 2.24) is 14.8 Å². The van der Waals surface area contributed by atoms with E-state index in [0.717, 1.165) is 5.75 Å². The monoisotopic (exact) mass is 428 g/mol. The van der Waals surface area contributed by atoms with E-state index in [2.05, 4.69) is 15.5 Å². The van der Waals surface area contributed by atoms with E-state index in [1.807, 2.05) is 42.8 Å².